The number of rotatable bonds is 12. The van der Waals surface area contributed by atoms with E-state index in [4.69, 9.17) is 4.74 Å². The van der Waals surface area contributed by atoms with Crippen LogP contribution in [0.2, 0.25) is 0 Å². The summed E-state index contributed by atoms with van der Waals surface area (Å²) in [5.74, 6) is -0.233. The lowest BCUT2D eigenvalue weighted by atomic mass is 10.1. The Kier molecular flexibility index (Phi) is 11.7. The molecule has 0 bridgehead atoms. The molecule has 41 heavy (non-hydrogen) atoms. The van der Waals surface area contributed by atoms with Crippen LogP contribution in [-0.2, 0) is 24.2 Å². The number of amides is 2. The van der Waals surface area contributed by atoms with Crippen molar-refractivity contribution in [3.63, 3.8) is 0 Å². The van der Waals surface area contributed by atoms with Crippen molar-refractivity contribution < 1.29 is 14.3 Å². The summed E-state index contributed by atoms with van der Waals surface area (Å²) in [6.07, 6.45) is 7.29. The first-order chi connectivity index (χ1) is 19.6. The molecule has 2 N–H and O–H groups in total. The SMILES string of the molecule is C/C=C\N=C(/C)CN(Cc1ccccn1)Cc1ccc(C(=O)Nc2ccc(CCNC(=O)OC(C)(C)C)cc2)cn1. The maximum atomic E-state index is 12.8. The minimum atomic E-state index is -0.527. The van der Waals surface area contributed by atoms with E-state index in [1.165, 1.54) is 0 Å². The highest BCUT2D eigenvalue weighted by atomic mass is 16.6. The maximum Gasteiger partial charge on any atom is 0.407 e. The van der Waals surface area contributed by atoms with Crippen molar-refractivity contribution in [3.8, 4) is 0 Å². The molecular formula is C32H40N6O3. The average molecular weight is 557 g/mol. The van der Waals surface area contributed by atoms with Gasteiger partial charge in [-0.15, -0.1) is 0 Å². The molecule has 9 heteroatoms. The second kappa shape index (κ2) is 15.4. The Labute approximate surface area is 242 Å². The number of nitrogens with zero attached hydrogens (tertiary/aromatic N) is 4. The third kappa shape index (κ3) is 11.7. The van der Waals surface area contributed by atoms with Gasteiger partial charge in [-0.2, -0.15) is 0 Å². The molecule has 0 saturated heterocycles. The molecule has 0 aliphatic rings. The lowest BCUT2D eigenvalue weighted by Gasteiger charge is -2.21. The van der Waals surface area contributed by atoms with Gasteiger partial charge in [0.2, 0.25) is 0 Å². The number of ether oxygens (including phenoxy) is 1. The molecule has 0 saturated carbocycles. The lowest BCUT2D eigenvalue weighted by molar-refractivity contribution is 0.0528. The maximum absolute atomic E-state index is 12.8. The number of nitrogens with one attached hydrogen (secondary N) is 2. The van der Waals surface area contributed by atoms with Gasteiger partial charge < -0.3 is 15.4 Å². The van der Waals surface area contributed by atoms with Gasteiger partial charge in [0.25, 0.3) is 5.91 Å². The molecular weight excluding hydrogens is 516 g/mol. The fourth-order valence-corrected chi connectivity index (χ4v) is 3.92. The zero-order valence-corrected chi connectivity index (χ0v) is 24.6. The number of anilines is 1. The van der Waals surface area contributed by atoms with Gasteiger partial charge >= 0.3 is 6.09 Å². The van der Waals surface area contributed by atoms with E-state index in [1.807, 2.05) is 89.2 Å². The first-order valence-electron chi connectivity index (χ1n) is 13.7. The van der Waals surface area contributed by atoms with Crippen molar-refractivity contribution in [2.24, 2.45) is 4.99 Å². The lowest BCUT2D eigenvalue weighted by Crippen LogP contribution is -2.33. The minimum Gasteiger partial charge on any atom is -0.444 e. The Balaban J connectivity index is 1.54. The van der Waals surface area contributed by atoms with Crippen LogP contribution in [0.3, 0.4) is 0 Å². The third-order valence-electron chi connectivity index (χ3n) is 5.77. The molecule has 1 aromatic carbocycles. The van der Waals surface area contributed by atoms with Crippen molar-refractivity contribution in [1.82, 2.24) is 20.2 Å². The summed E-state index contributed by atoms with van der Waals surface area (Å²) in [6.45, 7) is 11.8. The summed E-state index contributed by atoms with van der Waals surface area (Å²) in [6, 6.07) is 17.1. The zero-order valence-electron chi connectivity index (χ0n) is 24.6. The Bertz CT molecular complexity index is 1310. The number of carbonyl (C=O) groups excluding carboxylic acids is 2. The van der Waals surface area contributed by atoms with E-state index < -0.39 is 11.7 Å². The van der Waals surface area contributed by atoms with Gasteiger partial charge in [-0.1, -0.05) is 24.3 Å². The summed E-state index contributed by atoms with van der Waals surface area (Å²) >= 11 is 0. The van der Waals surface area contributed by atoms with Crippen LogP contribution in [0, 0.1) is 0 Å². The fourth-order valence-electron chi connectivity index (χ4n) is 3.92. The monoisotopic (exact) mass is 556 g/mol. The van der Waals surface area contributed by atoms with Gasteiger partial charge in [0, 0.05) is 56.2 Å². The Morgan fingerprint density at radius 1 is 1.00 bits per heavy atom. The van der Waals surface area contributed by atoms with Gasteiger partial charge in [-0.3, -0.25) is 24.7 Å². The van der Waals surface area contributed by atoms with Crippen molar-refractivity contribution in [2.45, 2.75) is 59.7 Å². The van der Waals surface area contributed by atoms with E-state index in [-0.39, 0.29) is 5.91 Å². The molecule has 0 aliphatic heterocycles. The molecule has 0 atom stereocenters. The minimum absolute atomic E-state index is 0.233. The first kappa shape index (κ1) is 31.2. The molecule has 0 fully saturated rings. The molecule has 2 aromatic heterocycles. The largest absolute Gasteiger partial charge is 0.444 e. The predicted molar refractivity (Wildman–Crippen MR) is 163 cm³/mol. The number of aliphatic imine (C=N–C) groups is 1. The fraction of sp³-hybridized carbons (Fsp3) is 0.344. The highest BCUT2D eigenvalue weighted by molar-refractivity contribution is 6.04. The van der Waals surface area contributed by atoms with Crippen molar-refractivity contribution >= 4 is 23.4 Å². The quantitative estimate of drug-likeness (QED) is 0.273. The van der Waals surface area contributed by atoms with Gasteiger partial charge in [-0.05, 0) is 83.0 Å². The first-order valence-corrected chi connectivity index (χ1v) is 13.7. The number of carbonyl (C=O) groups is 2. The van der Waals surface area contributed by atoms with Crippen LogP contribution < -0.4 is 10.6 Å². The number of hydrogen-bond acceptors (Lipinski definition) is 7. The number of hydrogen-bond donors (Lipinski definition) is 2. The number of aromatic nitrogens is 2. The molecule has 0 spiro atoms. The van der Waals surface area contributed by atoms with Crippen molar-refractivity contribution in [1.29, 1.82) is 0 Å². The highest BCUT2D eigenvalue weighted by Crippen LogP contribution is 2.13. The van der Waals surface area contributed by atoms with Crippen molar-refractivity contribution in [3.05, 3.63) is 102 Å². The molecule has 9 nitrogen and oxygen atoms in total. The van der Waals surface area contributed by atoms with Crippen LogP contribution in [0.4, 0.5) is 10.5 Å². The molecule has 0 aliphatic carbocycles. The highest BCUT2D eigenvalue weighted by Gasteiger charge is 2.16. The normalized spacial score (nSPS) is 12.0. The summed E-state index contributed by atoms with van der Waals surface area (Å²) in [5.41, 5.74) is 4.46. The second-order valence-corrected chi connectivity index (χ2v) is 10.7. The Morgan fingerprint density at radius 2 is 1.73 bits per heavy atom. The molecule has 2 amide bonds. The van der Waals surface area contributed by atoms with Crippen LogP contribution in [0.25, 0.3) is 0 Å². The van der Waals surface area contributed by atoms with E-state index in [9.17, 15) is 9.59 Å². The topological polar surface area (TPSA) is 109 Å². The summed E-state index contributed by atoms with van der Waals surface area (Å²) in [5, 5.41) is 5.66. The molecule has 3 rings (SSSR count). The molecule has 2 heterocycles. The number of pyridine rings is 2. The Hall–Kier alpha value is -4.37. The van der Waals surface area contributed by atoms with Crippen LogP contribution >= 0.6 is 0 Å². The van der Waals surface area contributed by atoms with E-state index in [1.54, 1.807) is 24.7 Å². The summed E-state index contributed by atoms with van der Waals surface area (Å²) in [7, 11) is 0. The van der Waals surface area contributed by atoms with E-state index in [2.05, 4.69) is 30.5 Å². The average Bonchev–Trinajstić information content (AvgIpc) is 2.93. The van der Waals surface area contributed by atoms with Crippen LogP contribution in [0.1, 0.15) is 61.9 Å². The predicted octanol–water partition coefficient (Wildman–Crippen LogP) is 5.79. The van der Waals surface area contributed by atoms with Gasteiger partial charge in [0.05, 0.1) is 17.0 Å². The number of benzene rings is 1. The van der Waals surface area contributed by atoms with Crippen LogP contribution in [0.15, 0.2) is 84.3 Å². The van der Waals surface area contributed by atoms with E-state index in [0.717, 1.165) is 22.7 Å². The van der Waals surface area contributed by atoms with E-state index in [0.29, 0.717) is 43.9 Å². The smallest absolute Gasteiger partial charge is 0.407 e. The summed E-state index contributed by atoms with van der Waals surface area (Å²) in [4.78, 5) is 40.3. The van der Waals surface area contributed by atoms with Crippen LogP contribution in [-0.4, -0.2) is 51.3 Å². The molecule has 0 radical (unpaired) electrons. The standard InChI is InChI=1S/C32H40N6O3/c1-6-17-33-24(2)21-38(22-28-9-7-8-18-34-28)23-29-15-12-26(20-36-29)30(39)37-27-13-10-25(11-14-27)16-19-35-31(40)41-32(3,4)5/h6-15,17-18,20H,16,19,21-23H2,1-5H3,(H,35,40)(H,37,39)/b17-6-,33-24+. The number of allylic oxidation sites excluding steroid dienone is 1. The van der Waals surface area contributed by atoms with Crippen molar-refractivity contribution in [2.75, 3.05) is 18.4 Å². The Morgan fingerprint density at radius 3 is 2.34 bits per heavy atom. The van der Waals surface area contributed by atoms with Gasteiger partial charge in [-0.25, -0.2) is 4.79 Å². The molecule has 216 valence electrons. The molecule has 3 aromatic rings. The second-order valence-electron chi connectivity index (χ2n) is 10.7. The summed E-state index contributed by atoms with van der Waals surface area (Å²) < 4.78 is 5.24. The van der Waals surface area contributed by atoms with Gasteiger partial charge in [0.15, 0.2) is 0 Å². The zero-order chi connectivity index (χ0) is 29.7. The molecule has 0 unspecified atom stereocenters. The van der Waals surface area contributed by atoms with Crippen LogP contribution in [0.5, 0.6) is 0 Å². The third-order valence-corrected chi connectivity index (χ3v) is 5.77. The van der Waals surface area contributed by atoms with E-state index >= 15 is 0 Å². The van der Waals surface area contributed by atoms with Gasteiger partial charge in [0.1, 0.15) is 5.60 Å². The number of alkyl carbamates (subject to hydrolysis) is 1.